The minimum atomic E-state index is -0.123. The lowest BCUT2D eigenvalue weighted by atomic mass is 10.2. The van der Waals surface area contributed by atoms with Gasteiger partial charge in [0.1, 0.15) is 0 Å². The number of rotatable bonds is 5. The SMILES string of the molecule is Cc1nc(NC(=O)CCc2nc(-c3ccncc3)no2)sc1C. The van der Waals surface area contributed by atoms with Gasteiger partial charge in [0.25, 0.3) is 0 Å². The average Bonchev–Trinajstić information content (AvgIpc) is 3.13. The average molecular weight is 329 g/mol. The van der Waals surface area contributed by atoms with E-state index in [1.165, 1.54) is 11.3 Å². The van der Waals surface area contributed by atoms with Crippen LogP contribution in [0.15, 0.2) is 29.0 Å². The summed E-state index contributed by atoms with van der Waals surface area (Å²) in [6.07, 6.45) is 3.97. The summed E-state index contributed by atoms with van der Waals surface area (Å²) in [4.78, 5) is 25.5. The molecule has 1 amide bonds. The molecule has 0 unspecified atom stereocenters. The van der Waals surface area contributed by atoms with Gasteiger partial charge in [-0.25, -0.2) is 4.98 Å². The lowest BCUT2D eigenvalue weighted by molar-refractivity contribution is -0.116. The van der Waals surface area contributed by atoms with Gasteiger partial charge in [0.2, 0.25) is 17.6 Å². The Kier molecular flexibility index (Phi) is 4.42. The van der Waals surface area contributed by atoms with Crippen molar-refractivity contribution < 1.29 is 9.32 Å². The zero-order valence-electron chi connectivity index (χ0n) is 12.7. The Morgan fingerprint density at radius 1 is 1.26 bits per heavy atom. The summed E-state index contributed by atoms with van der Waals surface area (Å²) in [5.74, 6) is 0.801. The third kappa shape index (κ3) is 3.78. The molecular weight excluding hydrogens is 314 g/mol. The van der Waals surface area contributed by atoms with Crippen LogP contribution in [-0.4, -0.2) is 26.0 Å². The Morgan fingerprint density at radius 2 is 2.04 bits per heavy atom. The molecule has 0 saturated carbocycles. The van der Waals surface area contributed by atoms with Gasteiger partial charge in [-0.3, -0.25) is 9.78 Å². The van der Waals surface area contributed by atoms with Crippen molar-refractivity contribution in [2.24, 2.45) is 0 Å². The molecule has 0 radical (unpaired) electrons. The fourth-order valence-corrected chi connectivity index (χ4v) is 2.73. The molecule has 0 bridgehead atoms. The maximum absolute atomic E-state index is 11.9. The van der Waals surface area contributed by atoms with Gasteiger partial charge >= 0.3 is 0 Å². The maximum Gasteiger partial charge on any atom is 0.227 e. The molecule has 3 aromatic heterocycles. The van der Waals surface area contributed by atoms with Gasteiger partial charge in [-0.1, -0.05) is 5.16 Å². The molecule has 0 aliphatic heterocycles. The van der Waals surface area contributed by atoms with Gasteiger partial charge in [0.15, 0.2) is 5.13 Å². The Labute approximate surface area is 136 Å². The number of hydrogen-bond acceptors (Lipinski definition) is 7. The Balaban J connectivity index is 1.56. The topological polar surface area (TPSA) is 93.8 Å². The lowest BCUT2D eigenvalue weighted by Gasteiger charge is -1.98. The Hall–Kier alpha value is -2.61. The number of carbonyl (C=O) groups excluding carboxylic acids is 1. The van der Waals surface area contributed by atoms with E-state index in [1.807, 2.05) is 13.8 Å². The number of nitrogens with one attached hydrogen (secondary N) is 1. The first-order valence-corrected chi connectivity index (χ1v) is 7.90. The molecule has 7 nitrogen and oxygen atoms in total. The predicted molar refractivity (Wildman–Crippen MR) is 86.1 cm³/mol. The van der Waals surface area contributed by atoms with Crippen molar-refractivity contribution in [3.63, 3.8) is 0 Å². The molecule has 23 heavy (non-hydrogen) atoms. The van der Waals surface area contributed by atoms with Crippen molar-refractivity contribution in [1.29, 1.82) is 0 Å². The molecule has 0 aliphatic carbocycles. The van der Waals surface area contributed by atoms with Crippen molar-refractivity contribution in [3.8, 4) is 11.4 Å². The highest BCUT2D eigenvalue weighted by Crippen LogP contribution is 2.21. The number of nitrogens with zero attached hydrogens (tertiary/aromatic N) is 4. The summed E-state index contributed by atoms with van der Waals surface area (Å²) in [7, 11) is 0. The molecule has 0 aromatic carbocycles. The van der Waals surface area contributed by atoms with E-state index in [4.69, 9.17) is 4.52 Å². The highest BCUT2D eigenvalue weighted by Gasteiger charge is 2.12. The molecule has 118 valence electrons. The van der Waals surface area contributed by atoms with E-state index in [0.29, 0.717) is 23.3 Å². The van der Waals surface area contributed by atoms with E-state index >= 15 is 0 Å². The molecule has 3 rings (SSSR count). The van der Waals surface area contributed by atoms with E-state index in [9.17, 15) is 4.79 Å². The van der Waals surface area contributed by atoms with Crippen LogP contribution in [0, 0.1) is 13.8 Å². The van der Waals surface area contributed by atoms with Crippen LogP contribution in [0.5, 0.6) is 0 Å². The predicted octanol–water partition coefficient (Wildman–Crippen LogP) is 2.78. The van der Waals surface area contributed by atoms with Crippen LogP contribution in [0.25, 0.3) is 11.4 Å². The summed E-state index contributed by atoms with van der Waals surface area (Å²) < 4.78 is 5.17. The quantitative estimate of drug-likeness (QED) is 0.773. The molecule has 8 heteroatoms. The zero-order valence-corrected chi connectivity index (χ0v) is 13.6. The van der Waals surface area contributed by atoms with Gasteiger partial charge in [0, 0.05) is 35.7 Å². The second-order valence-electron chi connectivity index (χ2n) is 4.96. The largest absolute Gasteiger partial charge is 0.339 e. The second-order valence-corrected chi connectivity index (χ2v) is 6.16. The van der Waals surface area contributed by atoms with Crippen LogP contribution in [0.1, 0.15) is 22.9 Å². The number of aromatic nitrogens is 4. The summed E-state index contributed by atoms with van der Waals surface area (Å²) in [5.41, 5.74) is 1.76. The monoisotopic (exact) mass is 329 g/mol. The first-order valence-electron chi connectivity index (χ1n) is 7.08. The van der Waals surface area contributed by atoms with Crippen LogP contribution < -0.4 is 5.32 Å². The smallest absolute Gasteiger partial charge is 0.227 e. The molecule has 0 saturated heterocycles. The number of aryl methyl sites for hydroxylation is 3. The van der Waals surface area contributed by atoms with Crippen LogP contribution in [-0.2, 0) is 11.2 Å². The fourth-order valence-electron chi connectivity index (χ4n) is 1.90. The van der Waals surface area contributed by atoms with Crippen LogP contribution in [0.2, 0.25) is 0 Å². The minimum absolute atomic E-state index is 0.123. The zero-order chi connectivity index (χ0) is 16.2. The Bertz CT molecular complexity index is 793. The van der Waals surface area contributed by atoms with Gasteiger partial charge in [-0.2, -0.15) is 4.98 Å². The summed E-state index contributed by atoms with van der Waals surface area (Å²) in [6.45, 7) is 3.89. The van der Waals surface area contributed by atoms with Gasteiger partial charge in [-0.05, 0) is 26.0 Å². The van der Waals surface area contributed by atoms with Gasteiger partial charge in [-0.15, -0.1) is 11.3 Å². The van der Waals surface area contributed by atoms with E-state index in [1.54, 1.807) is 24.5 Å². The normalized spacial score (nSPS) is 10.7. The highest BCUT2D eigenvalue weighted by atomic mass is 32.1. The van der Waals surface area contributed by atoms with Crippen molar-refractivity contribution in [3.05, 3.63) is 41.0 Å². The summed E-state index contributed by atoms with van der Waals surface area (Å²) in [6, 6.07) is 3.60. The van der Waals surface area contributed by atoms with E-state index in [2.05, 4.69) is 25.4 Å². The number of anilines is 1. The van der Waals surface area contributed by atoms with Gasteiger partial charge in [0.05, 0.1) is 5.69 Å². The molecule has 0 spiro atoms. The van der Waals surface area contributed by atoms with Crippen molar-refractivity contribution >= 4 is 22.4 Å². The third-order valence-electron chi connectivity index (χ3n) is 3.25. The Morgan fingerprint density at radius 3 is 2.74 bits per heavy atom. The van der Waals surface area contributed by atoms with Crippen molar-refractivity contribution in [2.75, 3.05) is 5.32 Å². The highest BCUT2D eigenvalue weighted by molar-refractivity contribution is 7.15. The number of carbonyl (C=O) groups is 1. The molecule has 1 N–H and O–H groups in total. The molecule has 0 aliphatic rings. The van der Waals surface area contributed by atoms with E-state index in [0.717, 1.165) is 16.1 Å². The van der Waals surface area contributed by atoms with Gasteiger partial charge < -0.3 is 9.84 Å². The van der Waals surface area contributed by atoms with Crippen molar-refractivity contribution in [2.45, 2.75) is 26.7 Å². The second kappa shape index (κ2) is 6.66. The number of amides is 1. The number of thiazole rings is 1. The van der Waals surface area contributed by atoms with Crippen LogP contribution in [0.3, 0.4) is 0 Å². The molecule has 3 heterocycles. The molecule has 0 fully saturated rings. The first-order chi connectivity index (χ1) is 11.1. The summed E-state index contributed by atoms with van der Waals surface area (Å²) in [5, 5.41) is 7.31. The lowest BCUT2D eigenvalue weighted by Crippen LogP contribution is -2.12. The van der Waals surface area contributed by atoms with E-state index in [-0.39, 0.29) is 12.3 Å². The van der Waals surface area contributed by atoms with Crippen LogP contribution in [0.4, 0.5) is 5.13 Å². The standard InChI is InChI=1S/C15H15N5O2S/c1-9-10(2)23-15(17-9)18-12(21)3-4-13-19-14(20-22-13)11-5-7-16-8-6-11/h5-8H,3-4H2,1-2H3,(H,17,18,21). The first kappa shape index (κ1) is 15.3. The summed E-state index contributed by atoms with van der Waals surface area (Å²) >= 11 is 1.47. The number of hydrogen-bond donors (Lipinski definition) is 1. The van der Waals surface area contributed by atoms with E-state index < -0.39 is 0 Å². The van der Waals surface area contributed by atoms with Crippen molar-refractivity contribution in [1.82, 2.24) is 20.1 Å². The number of pyridine rings is 1. The maximum atomic E-state index is 11.9. The fraction of sp³-hybridized carbons (Fsp3) is 0.267. The third-order valence-corrected chi connectivity index (χ3v) is 4.24. The molecule has 3 aromatic rings. The molecule has 0 atom stereocenters. The molecular formula is C15H15N5O2S. The minimum Gasteiger partial charge on any atom is -0.339 e. The van der Waals surface area contributed by atoms with Crippen LogP contribution >= 0.6 is 11.3 Å².